The van der Waals surface area contributed by atoms with E-state index in [1.165, 1.54) is 18.3 Å². The van der Waals surface area contributed by atoms with E-state index >= 15 is 0 Å². The van der Waals surface area contributed by atoms with Crippen molar-refractivity contribution in [1.82, 2.24) is 5.43 Å². The van der Waals surface area contributed by atoms with Gasteiger partial charge in [0.2, 0.25) is 0 Å². The van der Waals surface area contributed by atoms with Gasteiger partial charge < -0.3 is 4.74 Å². The van der Waals surface area contributed by atoms with E-state index in [1.807, 2.05) is 6.92 Å². The molecule has 1 N–H and O–H groups in total. The Morgan fingerprint density at radius 1 is 1.13 bits per heavy atom. The van der Waals surface area contributed by atoms with Gasteiger partial charge >= 0.3 is 0 Å². The highest BCUT2D eigenvalue weighted by molar-refractivity contribution is 6.32. The normalized spacial score (nSPS) is 10.8. The van der Waals surface area contributed by atoms with Crippen LogP contribution in [0, 0.1) is 17.0 Å². The van der Waals surface area contributed by atoms with Gasteiger partial charge in [-0.15, -0.1) is 0 Å². The van der Waals surface area contributed by atoms with Crippen LogP contribution < -0.4 is 10.2 Å². The molecular weight excluding hydrogens is 441 g/mol. The number of rotatable bonds is 7. The molecule has 9 heteroatoms. The van der Waals surface area contributed by atoms with Gasteiger partial charge in [0, 0.05) is 22.7 Å². The lowest BCUT2D eigenvalue weighted by molar-refractivity contribution is -0.384. The number of amides is 1. The van der Waals surface area contributed by atoms with Gasteiger partial charge in [0.1, 0.15) is 12.4 Å². The number of nitro benzene ring substituents is 1. The molecule has 0 heterocycles. The Morgan fingerprint density at radius 2 is 1.94 bits per heavy atom. The highest BCUT2D eigenvalue weighted by atomic mass is 35.5. The Kier molecular flexibility index (Phi) is 7.23. The second kappa shape index (κ2) is 10.1. The van der Waals surface area contributed by atoms with Crippen molar-refractivity contribution in [2.24, 2.45) is 5.10 Å². The largest absolute Gasteiger partial charge is 0.487 e. The Labute approximate surface area is 188 Å². The molecule has 3 aromatic carbocycles. The van der Waals surface area contributed by atoms with Crippen molar-refractivity contribution in [2.75, 3.05) is 0 Å². The van der Waals surface area contributed by atoms with Crippen LogP contribution in [-0.2, 0) is 6.61 Å². The molecule has 0 bridgehead atoms. The molecule has 3 rings (SSSR count). The molecule has 0 aliphatic carbocycles. The fourth-order valence-electron chi connectivity index (χ4n) is 2.60. The summed E-state index contributed by atoms with van der Waals surface area (Å²) in [5.41, 5.74) is 5.00. The second-order valence-corrected chi connectivity index (χ2v) is 7.38. The molecule has 3 aromatic rings. The summed E-state index contributed by atoms with van der Waals surface area (Å²) in [6.07, 6.45) is 1.45. The molecule has 158 valence electrons. The number of hydrogen-bond donors (Lipinski definition) is 1. The van der Waals surface area contributed by atoms with Crippen molar-refractivity contribution >= 4 is 41.0 Å². The number of nitro groups is 1. The van der Waals surface area contributed by atoms with Gasteiger partial charge in [-0.2, -0.15) is 5.10 Å². The van der Waals surface area contributed by atoms with Crippen LogP contribution in [0.2, 0.25) is 10.0 Å². The third kappa shape index (κ3) is 6.04. The fourth-order valence-corrected chi connectivity index (χ4v) is 3.02. The summed E-state index contributed by atoms with van der Waals surface area (Å²) < 4.78 is 5.65. The molecule has 0 unspecified atom stereocenters. The molecule has 7 nitrogen and oxygen atoms in total. The highest BCUT2D eigenvalue weighted by Crippen LogP contribution is 2.26. The number of aryl methyl sites for hydroxylation is 1. The maximum atomic E-state index is 12.1. The molecule has 0 spiro atoms. The SMILES string of the molecule is Cc1ccc(C(=O)N/N=C\c2ccc(OCc3cccc([N+](=O)[O-])c3)c(Cl)c2)cc1Cl. The monoisotopic (exact) mass is 457 g/mol. The summed E-state index contributed by atoms with van der Waals surface area (Å²) in [7, 11) is 0. The van der Waals surface area contributed by atoms with Gasteiger partial charge in [0.05, 0.1) is 16.2 Å². The van der Waals surface area contributed by atoms with Gasteiger partial charge in [-0.1, -0.05) is 41.4 Å². The van der Waals surface area contributed by atoms with Gasteiger partial charge in [-0.05, 0) is 53.9 Å². The van der Waals surface area contributed by atoms with Gasteiger partial charge in [-0.25, -0.2) is 5.43 Å². The lowest BCUT2D eigenvalue weighted by Gasteiger charge is -2.08. The quantitative estimate of drug-likeness (QED) is 0.285. The van der Waals surface area contributed by atoms with Crippen molar-refractivity contribution in [3.63, 3.8) is 0 Å². The van der Waals surface area contributed by atoms with Gasteiger partial charge in [0.25, 0.3) is 11.6 Å². The predicted molar refractivity (Wildman–Crippen MR) is 120 cm³/mol. The number of nitrogens with one attached hydrogen (secondary N) is 1. The Balaban J connectivity index is 1.59. The standard InChI is InChI=1S/C22H17Cl2N3O4/c1-14-5-7-17(11-19(14)23)22(28)26-25-12-15-6-8-21(20(24)10-15)31-13-16-3-2-4-18(9-16)27(29)30/h2-12H,13H2,1H3,(H,26,28)/b25-12-. The number of non-ortho nitro benzene ring substituents is 1. The molecule has 1 amide bonds. The molecule has 0 atom stereocenters. The van der Waals surface area contributed by atoms with E-state index in [9.17, 15) is 14.9 Å². The van der Waals surface area contributed by atoms with Crippen LogP contribution in [-0.4, -0.2) is 17.0 Å². The molecule has 0 saturated carbocycles. The minimum Gasteiger partial charge on any atom is -0.487 e. The number of carbonyl (C=O) groups excluding carboxylic acids is 1. The van der Waals surface area contributed by atoms with Crippen molar-refractivity contribution in [3.8, 4) is 5.75 Å². The van der Waals surface area contributed by atoms with E-state index in [0.717, 1.165) is 5.56 Å². The topological polar surface area (TPSA) is 93.8 Å². The van der Waals surface area contributed by atoms with E-state index in [1.54, 1.807) is 48.5 Å². The first kappa shape index (κ1) is 22.3. The minimum absolute atomic E-state index is 0.00582. The predicted octanol–water partition coefficient (Wildman–Crippen LogP) is 5.55. The molecule has 0 saturated heterocycles. The zero-order valence-corrected chi connectivity index (χ0v) is 17.9. The smallest absolute Gasteiger partial charge is 0.271 e. The van der Waals surface area contributed by atoms with Crippen molar-refractivity contribution < 1.29 is 14.5 Å². The lowest BCUT2D eigenvalue weighted by Crippen LogP contribution is -2.17. The number of benzene rings is 3. The molecule has 0 radical (unpaired) electrons. The van der Waals surface area contributed by atoms with Crippen LogP contribution in [0.3, 0.4) is 0 Å². The van der Waals surface area contributed by atoms with E-state index < -0.39 is 4.92 Å². The lowest BCUT2D eigenvalue weighted by atomic mass is 10.1. The number of ether oxygens (including phenoxy) is 1. The van der Waals surface area contributed by atoms with E-state index in [-0.39, 0.29) is 18.2 Å². The number of nitrogens with zero attached hydrogens (tertiary/aromatic N) is 2. The molecular formula is C22H17Cl2N3O4. The zero-order valence-electron chi connectivity index (χ0n) is 16.3. The molecule has 0 aliphatic heterocycles. The van der Waals surface area contributed by atoms with Crippen LogP contribution in [0.25, 0.3) is 0 Å². The average molecular weight is 458 g/mol. The summed E-state index contributed by atoms with van der Waals surface area (Å²) in [4.78, 5) is 22.5. The summed E-state index contributed by atoms with van der Waals surface area (Å²) >= 11 is 12.3. The third-order valence-corrected chi connectivity index (χ3v) is 4.99. The van der Waals surface area contributed by atoms with E-state index in [2.05, 4.69) is 10.5 Å². The number of carbonyl (C=O) groups is 1. The Bertz CT molecular complexity index is 1170. The van der Waals surface area contributed by atoms with Crippen LogP contribution in [0.5, 0.6) is 5.75 Å². The molecule has 31 heavy (non-hydrogen) atoms. The van der Waals surface area contributed by atoms with E-state index in [0.29, 0.717) is 32.5 Å². The molecule has 0 aliphatic rings. The first-order chi connectivity index (χ1) is 14.8. The van der Waals surface area contributed by atoms with E-state index in [4.69, 9.17) is 27.9 Å². The van der Waals surface area contributed by atoms with Crippen molar-refractivity contribution in [1.29, 1.82) is 0 Å². The number of halogens is 2. The Hall–Kier alpha value is -3.42. The summed E-state index contributed by atoms with van der Waals surface area (Å²) in [5.74, 6) is 0.0322. The first-order valence-electron chi connectivity index (χ1n) is 9.09. The number of hydrazone groups is 1. The summed E-state index contributed by atoms with van der Waals surface area (Å²) in [5, 5.41) is 15.6. The second-order valence-electron chi connectivity index (χ2n) is 6.57. The third-order valence-electron chi connectivity index (χ3n) is 4.29. The van der Waals surface area contributed by atoms with Crippen LogP contribution >= 0.6 is 23.2 Å². The summed E-state index contributed by atoms with van der Waals surface area (Å²) in [6, 6.07) is 16.2. The maximum absolute atomic E-state index is 12.1. The summed E-state index contributed by atoms with van der Waals surface area (Å²) in [6.45, 7) is 1.98. The maximum Gasteiger partial charge on any atom is 0.271 e. The van der Waals surface area contributed by atoms with Crippen molar-refractivity contribution in [2.45, 2.75) is 13.5 Å². The van der Waals surface area contributed by atoms with Crippen LogP contribution in [0.4, 0.5) is 5.69 Å². The molecule has 0 fully saturated rings. The van der Waals surface area contributed by atoms with Crippen LogP contribution in [0.1, 0.15) is 27.0 Å². The number of hydrogen-bond acceptors (Lipinski definition) is 5. The minimum atomic E-state index is -0.461. The van der Waals surface area contributed by atoms with Gasteiger partial charge in [0.15, 0.2) is 0 Å². The Morgan fingerprint density at radius 3 is 2.65 bits per heavy atom. The average Bonchev–Trinajstić information content (AvgIpc) is 2.75. The van der Waals surface area contributed by atoms with Gasteiger partial charge in [-0.3, -0.25) is 14.9 Å². The van der Waals surface area contributed by atoms with Crippen LogP contribution in [0.15, 0.2) is 65.8 Å². The first-order valence-corrected chi connectivity index (χ1v) is 9.84. The van der Waals surface area contributed by atoms with Crippen molar-refractivity contribution in [3.05, 3.63) is 103 Å². The highest BCUT2D eigenvalue weighted by Gasteiger charge is 2.08. The fraction of sp³-hybridized carbons (Fsp3) is 0.0909. The zero-order chi connectivity index (χ0) is 22.4. The molecule has 0 aromatic heterocycles.